The number of carbonyl (C=O) groups is 2. The summed E-state index contributed by atoms with van der Waals surface area (Å²) in [5.74, 6) is 1.58. The minimum atomic E-state index is -0.395. The molecule has 2 amide bonds. The maximum Gasteiger partial charge on any atom is 0.228 e. The van der Waals surface area contributed by atoms with Gasteiger partial charge in [0.05, 0.1) is 17.8 Å². The van der Waals surface area contributed by atoms with Gasteiger partial charge in [-0.2, -0.15) is 5.10 Å². The number of nitrogens with zero attached hydrogens (tertiary/aromatic N) is 2. The van der Waals surface area contributed by atoms with Crippen molar-refractivity contribution in [3.63, 3.8) is 0 Å². The summed E-state index contributed by atoms with van der Waals surface area (Å²) in [5.41, 5.74) is 1.52. The molecule has 6 heteroatoms. The molecular formula is C17H24N4O2. The maximum absolute atomic E-state index is 12.6. The first-order valence-electron chi connectivity index (χ1n) is 8.66. The van der Waals surface area contributed by atoms with Crippen molar-refractivity contribution in [3.05, 3.63) is 11.3 Å². The highest BCUT2D eigenvalue weighted by Gasteiger charge is 2.44. The lowest BCUT2D eigenvalue weighted by Crippen LogP contribution is -2.40. The summed E-state index contributed by atoms with van der Waals surface area (Å²) in [7, 11) is 0. The van der Waals surface area contributed by atoms with E-state index in [1.807, 2.05) is 18.7 Å². The second-order valence-corrected chi connectivity index (χ2v) is 7.73. The highest BCUT2D eigenvalue weighted by atomic mass is 16.2. The summed E-state index contributed by atoms with van der Waals surface area (Å²) in [6.45, 7) is 4.61. The Morgan fingerprint density at radius 1 is 1.30 bits per heavy atom. The van der Waals surface area contributed by atoms with Gasteiger partial charge in [0.2, 0.25) is 11.8 Å². The number of hydrogen-bond donors (Lipinski definition) is 2. The minimum absolute atomic E-state index is 0.0612. The average Bonchev–Trinajstić information content (AvgIpc) is 3.06. The summed E-state index contributed by atoms with van der Waals surface area (Å²) in [6.07, 6.45) is 6.06. The van der Waals surface area contributed by atoms with Crippen molar-refractivity contribution in [1.82, 2.24) is 15.1 Å². The second kappa shape index (κ2) is 5.08. The number of carbonyl (C=O) groups excluding carboxylic acids is 2. The fraction of sp³-hybridized carbons (Fsp3) is 0.706. The first-order valence-corrected chi connectivity index (χ1v) is 8.66. The van der Waals surface area contributed by atoms with Crippen LogP contribution in [-0.2, 0) is 21.7 Å². The highest BCUT2D eigenvalue weighted by Crippen LogP contribution is 2.43. The zero-order valence-electron chi connectivity index (χ0n) is 13.8. The summed E-state index contributed by atoms with van der Waals surface area (Å²) in [5, 5.41) is 10.3. The minimum Gasteiger partial charge on any atom is -0.327 e. The first kappa shape index (κ1) is 14.7. The highest BCUT2D eigenvalue weighted by molar-refractivity contribution is 5.93. The summed E-state index contributed by atoms with van der Waals surface area (Å²) >= 11 is 0. The van der Waals surface area contributed by atoms with Crippen LogP contribution in [0.2, 0.25) is 0 Å². The number of rotatable bonds is 4. The van der Waals surface area contributed by atoms with E-state index in [1.165, 1.54) is 12.8 Å². The molecule has 4 rings (SSSR count). The number of nitrogens with one attached hydrogen (secondary N) is 2. The Balaban J connectivity index is 1.52. The third-order valence-electron chi connectivity index (χ3n) is 5.65. The number of H-pyrrole nitrogens is 1. The zero-order valence-corrected chi connectivity index (χ0v) is 13.8. The molecule has 2 heterocycles. The quantitative estimate of drug-likeness (QED) is 0.896. The molecule has 6 nitrogen and oxygen atoms in total. The molecule has 2 N–H and O–H groups in total. The van der Waals surface area contributed by atoms with Crippen molar-refractivity contribution in [2.45, 2.75) is 64.5 Å². The first-order chi connectivity index (χ1) is 11.0. The predicted octanol–water partition coefficient (Wildman–Crippen LogP) is 2.53. The topological polar surface area (TPSA) is 78.1 Å². The predicted molar refractivity (Wildman–Crippen MR) is 85.5 cm³/mol. The Morgan fingerprint density at radius 3 is 2.65 bits per heavy atom. The molecular weight excluding hydrogens is 292 g/mol. The van der Waals surface area contributed by atoms with Crippen molar-refractivity contribution in [3.8, 4) is 0 Å². The Hall–Kier alpha value is -1.85. The molecule has 2 fully saturated rings. The van der Waals surface area contributed by atoms with E-state index in [1.54, 1.807) is 0 Å². The Bertz CT molecular complexity index is 656. The molecule has 1 aliphatic heterocycles. The van der Waals surface area contributed by atoms with Gasteiger partial charge >= 0.3 is 0 Å². The van der Waals surface area contributed by atoms with Gasteiger partial charge in [-0.05, 0) is 45.4 Å². The smallest absolute Gasteiger partial charge is 0.228 e. The third-order valence-corrected chi connectivity index (χ3v) is 5.65. The van der Waals surface area contributed by atoms with Gasteiger partial charge in [-0.3, -0.25) is 14.7 Å². The standard InChI is InChI=1S/C17H24N4O2/c1-17(2)14-12(9-21(17)13(22)8-10-6-7-10)15(20-19-14)18-16(23)11-4-3-5-11/h10-11H,3-9H2,1-2H3,(H2,18,19,20,23). The van der Waals surface area contributed by atoms with E-state index >= 15 is 0 Å². The van der Waals surface area contributed by atoms with E-state index in [-0.39, 0.29) is 17.7 Å². The van der Waals surface area contributed by atoms with Gasteiger partial charge in [0.15, 0.2) is 5.82 Å². The van der Waals surface area contributed by atoms with Crippen molar-refractivity contribution in [1.29, 1.82) is 0 Å². The monoisotopic (exact) mass is 316 g/mol. The SMILES string of the molecule is CC1(C)c2[nH]nc(NC(=O)C3CCC3)c2CN1C(=O)CC1CC1. The van der Waals surface area contributed by atoms with Crippen molar-refractivity contribution in [2.24, 2.45) is 11.8 Å². The summed E-state index contributed by atoms with van der Waals surface area (Å²) < 4.78 is 0. The van der Waals surface area contributed by atoms with Crippen molar-refractivity contribution >= 4 is 17.6 Å². The van der Waals surface area contributed by atoms with E-state index < -0.39 is 5.54 Å². The van der Waals surface area contributed by atoms with Gasteiger partial charge in [0.25, 0.3) is 0 Å². The van der Waals surface area contributed by atoms with Crippen LogP contribution in [0, 0.1) is 11.8 Å². The lowest BCUT2D eigenvalue weighted by molar-refractivity contribution is -0.137. The number of fused-ring (bicyclic) bond motifs is 1. The summed E-state index contributed by atoms with van der Waals surface area (Å²) in [4.78, 5) is 26.7. The van der Waals surface area contributed by atoms with Gasteiger partial charge in [0, 0.05) is 17.9 Å². The van der Waals surface area contributed by atoms with Crippen LogP contribution in [0.25, 0.3) is 0 Å². The normalized spacial score (nSPS) is 22.6. The Labute approximate surface area is 136 Å². The number of amides is 2. The molecule has 0 atom stereocenters. The van der Waals surface area contributed by atoms with Gasteiger partial charge in [0.1, 0.15) is 0 Å². The summed E-state index contributed by atoms with van der Waals surface area (Å²) in [6, 6.07) is 0. The molecule has 0 unspecified atom stereocenters. The van der Waals surface area contributed by atoms with Gasteiger partial charge < -0.3 is 10.2 Å². The lowest BCUT2D eigenvalue weighted by Gasteiger charge is -2.32. The molecule has 0 saturated heterocycles. The Morgan fingerprint density at radius 2 is 2.04 bits per heavy atom. The molecule has 0 bridgehead atoms. The molecule has 124 valence electrons. The molecule has 2 aliphatic carbocycles. The molecule has 0 spiro atoms. The van der Waals surface area contributed by atoms with Gasteiger partial charge in [-0.25, -0.2) is 0 Å². The number of anilines is 1. The fourth-order valence-corrected chi connectivity index (χ4v) is 3.59. The van der Waals surface area contributed by atoms with E-state index in [0.717, 1.165) is 30.5 Å². The van der Waals surface area contributed by atoms with Crippen LogP contribution >= 0.6 is 0 Å². The molecule has 2 saturated carbocycles. The van der Waals surface area contributed by atoms with Gasteiger partial charge in [-0.15, -0.1) is 0 Å². The molecule has 23 heavy (non-hydrogen) atoms. The number of hydrogen-bond acceptors (Lipinski definition) is 3. The van der Waals surface area contributed by atoms with Crippen LogP contribution in [-0.4, -0.2) is 26.9 Å². The largest absolute Gasteiger partial charge is 0.327 e. The number of aromatic amines is 1. The Kier molecular flexibility index (Phi) is 3.25. The van der Waals surface area contributed by atoms with Crippen LogP contribution < -0.4 is 5.32 Å². The molecule has 1 aromatic rings. The average molecular weight is 316 g/mol. The van der Waals surface area contributed by atoms with Gasteiger partial charge in [-0.1, -0.05) is 6.42 Å². The van der Waals surface area contributed by atoms with E-state index in [2.05, 4.69) is 15.5 Å². The maximum atomic E-state index is 12.6. The molecule has 0 aromatic carbocycles. The number of aromatic nitrogens is 2. The zero-order chi connectivity index (χ0) is 16.2. The fourth-order valence-electron chi connectivity index (χ4n) is 3.59. The third kappa shape index (κ3) is 2.44. The van der Waals surface area contributed by atoms with Crippen LogP contribution in [0.1, 0.15) is 63.6 Å². The molecule has 1 aromatic heterocycles. The van der Waals surface area contributed by atoms with E-state index in [4.69, 9.17) is 0 Å². The van der Waals surface area contributed by atoms with Crippen LogP contribution in [0.4, 0.5) is 5.82 Å². The van der Waals surface area contributed by atoms with Crippen molar-refractivity contribution < 1.29 is 9.59 Å². The van der Waals surface area contributed by atoms with Crippen LogP contribution in [0.15, 0.2) is 0 Å². The lowest BCUT2D eigenvalue weighted by atomic mass is 9.85. The van der Waals surface area contributed by atoms with E-state index in [9.17, 15) is 9.59 Å². The second-order valence-electron chi connectivity index (χ2n) is 7.73. The molecule has 0 radical (unpaired) electrons. The molecule has 3 aliphatic rings. The van der Waals surface area contributed by atoms with E-state index in [0.29, 0.717) is 24.7 Å². The van der Waals surface area contributed by atoms with Crippen molar-refractivity contribution in [2.75, 3.05) is 5.32 Å². The van der Waals surface area contributed by atoms with Crippen LogP contribution in [0.3, 0.4) is 0 Å². The van der Waals surface area contributed by atoms with Crippen LogP contribution in [0.5, 0.6) is 0 Å².